The van der Waals surface area contributed by atoms with Gasteiger partial charge in [0.1, 0.15) is 0 Å². The van der Waals surface area contributed by atoms with Gasteiger partial charge in [-0.05, 0) is 56.8 Å². The third kappa shape index (κ3) is 4.09. The van der Waals surface area contributed by atoms with Crippen LogP contribution in [0.25, 0.3) is 0 Å². The van der Waals surface area contributed by atoms with E-state index in [0.717, 1.165) is 5.92 Å². The molecule has 128 valence electrons. The molecule has 0 radical (unpaired) electrons. The summed E-state index contributed by atoms with van der Waals surface area (Å²) in [5, 5.41) is 0. The number of benzene rings is 1. The van der Waals surface area contributed by atoms with E-state index in [1.807, 2.05) is 0 Å². The Hall–Kier alpha value is -1.02. The fourth-order valence-corrected chi connectivity index (χ4v) is 4.45. The molecule has 1 aromatic rings. The van der Waals surface area contributed by atoms with Gasteiger partial charge in [-0.2, -0.15) is 0 Å². The molecule has 2 nitrogen and oxygen atoms in total. The van der Waals surface area contributed by atoms with Crippen molar-refractivity contribution in [2.75, 3.05) is 31.1 Å². The quantitative estimate of drug-likeness (QED) is 0.789. The third-order valence-corrected chi connectivity index (χ3v) is 6.23. The molecule has 1 aliphatic carbocycles. The Balaban J connectivity index is 1.53. The first-order valence-corrected chi connectivity index (χ1v) is 9.70. The van der Waals surface area contributed by atoms with Crippen LogP contribution in [0.15, 0.2) is 18.2 Å². The topological polar surface area (TPSA) is 6.48 Å². The molecular weight excluding hydrogens is 280 g/mol. The van der Waals surface area contributed by atoms with Gasteiger partial charge in [-0.3, -0.25) is 4.90 Å². The Morgan fingerprint density at radius 1 is 1.04 bits per heavy atom. The van der Waals surface area contributed by atoms with Gasteiger partial charge >= 0.3 is 0 Å². The van der Waals surface area contributed by atoms with Crippen molar-refractivity contribution in [1.82, 2.24) is 4.90 Å². The molecule has 0 bridgehead atoms. The summed E-state index contributed by atoms with van der Waals surface area (Å²) >= 11 is 0. The van der Waals surface area contributed by atoms with Crippen molar-refractivity contribution in [3.63, 3.8) is 0 Å². The lowest BCUT2D eigenvalue weighted by atomic mass is 9.87. The van der Waals surface area contributed by atoms with Crippen LogP contribution in [0.1, 0.15) is 56.6 Å². The Morgan fingerprint density at radius 3 is 2.57 bits per heavy atom. The van der Waals surface area contributed by atoms with E-state index in [1.54, 1.807) is 0 Å². The Morgan fingerprint density at radius 2 is 1.83 bits per heavy atom. The summed E-state index contributed by atoms with van der Waals surface area (Å²) in [5.74, 6) is 1.01. The van der Waals surface area contributed by atoms with Gasteiger partial charge in [0.25, 0.3) is 0 Å². The molecule has 1 unspecified atom stereocenters. The van der Waals surface area contributed by atoms with E-state index in [9.17, 15) is 0 Å². The number of hydrogen-bond donors (Lipinski definition) is 0. The largest absolute Gasteiger partial charge is 0.368 e. The first-order valence-electron chi connectivity index (χ1n) is 9.70. The van der Waals surface area contributed by atoms with Crippen molar-refractivity contribution < 1.29 is 0 Å². The fraction of sp³-hybridized carbons (Fsp3) is 0.714. The summed E-state index contributed by atoms with van der Waals surface area (Å²) in [6.07, 6.45) is 8.81. The average molecular weight is 315 g/mol. The maximum atomic E-state index is 2.73. The van der Waals surface area contributed by atoms with Gasteiger partial charge in [0.15, 0.2) is 0 Å². The van der Waals surface area contributed by atoms with Gasteiger partial charge in [0.2, 0.25) is 0 Å². The van der Waals surface area contributed by atoms with Crippen LogP contribution in [0.5, 0.6) is 0 Å². The summed E-state index contributed by atoms with van der Waals surface area (Å²) in [6, 6.07) is 7.40. The molecule has 1 heterocycles. The van der Waals surface area contributed by atoms with E-state index in [-0.39, 0.29) is 0 Å². The standard InChI is InChI=1S/C21H34N2/c1-17-8-7-11-21(19(17)3)23-15-14-22(18(2)16-23)13-12-20-9-5-4-6-10-20/h7-8,11,18,20H,4-6,9-10,12-16H2,1-3H3. The highest BCUT2D eigenvalue weighted by Gasteiger charge is 2.25. The zero-order valence-corrected chi connectivity index (χ0v) is 15.4. The van der Waals surface area contributed by atoms with Crippen LogP contribution in [-0.4, -0.2) is 37.1 Å². The molecule has 1 saturated carbocycles. The van der Waals surface area contributed by atoms with Gasteiger partial charge in [-0.1, -0.05) is 44.2 Å². The number of aryl methyl sites for hydroxylation is 1. The molecule has 1 aliphatic heterocycles. The Kier molecular flexibility index (Phi) is 5.63. The lowest BCUT2D eigenvalue weighted by Crippen LogP contribution is -2.52. The van der Waals surface area contributed by atoms with Gasteiger partial charge in [0, 0.05) is 31.4 Å². The number of rotatable bonds is 4. The number of piperazine rings is 1. The summed E-state index contributed by atoms with van der Waals surface area (Å²) < 4.78 is 0. The van der Waals surface area contributed by atoms with Crippen LogP contribution in [-0.2, 0) is 0 Å². The molecule has 1 aromatic carbocycles. The van der Waals surface area contributed by atoms with Crippen LogP contribution in [0, 0.1) is 19.8 Å². The smallest absolute Gasteiger partial charge is 0.0399 e. The highest BCUT2D eigenvalue weighted by Crippen LogP contribution is 2.28. The highest BCUT2D eigenvalue weighted by molar-refractivity contribution is 5.56. The summed E-state index contributed by atoms with van der Waals surface area (Å²) in [5.41, 5.74) is 4.31. The SMILES string of the molecule is Cc1cccc(N2CCN(CCC3CCCCC3)C(C)C2)c1C. The molecular formula is C21H34N2. The number of hydrogen-bond acceptors (Lipinski definition) is 2. The van der Waals surface area contributed by atoms with Gasteiger partial charge in [0.05, 0.1) is 0 Å². The first-order chi connectivity index (χ1) is 11.1. The minimum absolute atomic E-state index is 0.673. The average Bonchev–Trinajstić information content (AvgIpc) is 2.57. The van der Waals surface area contributed by atoms with Crippen LogP contribution in [0.3, 0.4) is 0 Å². The monoisotopic (exact) mass is 314 g/mol. The van der Waals surface area contributed by atoms with E-state index in [2.05, 4.69) is 48.8 Å². The fourth-order valence-electron chi connectivity index (χ4n) is 4.45. The third-order valence-electron chi connectivity index (χ3n) is 6.23. The summed E-state index contributed by atoms with van der Waals surface area (Å²) in [7, 11) is 0. The first kappa shape index (κ1) is 16.8. The molecule has 3 rings (SSSR count). The lowest BCUT2D eigenvalue weighted by Gasteiger charge is -2.42. The van der Waals surface area contributed by atoms with Crippen molar-refractivity contribution in [1.29, 1.82) is 0 Å². The molecule has 0 N–H and O–H groups in total. The second kappa shape index (κ2) is 7.70. The molecule has 2 aliphatic rings. The normalized spacial score (nSPS) is 24.1. The maximum Gasteiger partial charge on any atom is 0.0399 e. The van der Waals surface area contributed by atoms with Crippen molar-refractivity contribution in [3.05, 3.63) is 29.3 Å². The van der Waals surface area contributed by atoms with E-state index in [4.69, 9.17) is 0 Å². The van der Waals surface area contributed by atoms with E-state index in [0.29, 0.717) is 6.04 Å². The van der Waals surface area contributed by atoms with Gasteiger partial charge < -0.3 is 4.90 Å². The van der Waals surface area contributed by atoms with E-state index in [1.165, 1.54) is 81.5 Å². The molecule has 0 amide bonds. The zero-order chi connectivity index (χ0) is 16.2. The van der Waals surface area contributed by atoms with Crippen molar-refractivity contribution >= 4 is 5.69 Å². The molecule has 0 aromatic heterocycles. The van der Waals surface area contributed by atoms with Crippen LogP contribution in [0.2, 0.25) is 0 Å². The molecule has 1 atom stereocenters. The molecule has 2 fully saturated rings. The predicted octanol–water partition coefficient (Wildman–Crippen LogP) is 4.78. The Bertz CT molecular complexity index is 505. The van der Waals surface area contributed by atoms with Crippen LogP contribution >= 0.6 is 0 Å². The lowest BCUT2D eigenvalue weighted by molar-refractivity contribution is 0.168. The molecule has 0 spiro atoms. The predicted molar refractivity (Wildman–Crippen MR) is 100 cm³/mol. The van der Waals surface area contributed by atoms with Crippen molar-refractivity contribution in [2.45, 2.75) is 65.3 Å². The highest BCUT2D eigenvalue weighted by atomic mass is 15.3. The van der Waals surface area contributed by atoms with Crippen molar-refractivity contribution in [3.8, 4) is 0 Å². The minimum Gasteiger partial charge on any atom is -0.368 e. The van der Waals surface area contributed by atoms with Crippen LogP contribution in [0.4, 0.5) is 5.69 Å². The molecule has 2 heteroatoms. The zero-order valence-electron chi connectivity index (χ0n) is 15.4. The van der Waals surface area contributed by atoms with E-state index >= 15 is 0 Å². The van der Waals surface area contributed by atoms with Gasteiger partial charge in [-0.15, -0.1) is 0 Å². The number of nitrogens with zero attached hydrogens (tertiary/aromatic N) is 2. The second-order valence-electron chi connectivity index (χ2n) is 7.84. The molecule has 1 saturated heterocycles. The summed E-state index contributed by atoms with van der Waals surface area (Å²) in [4.78, 5) is 5.33. The Labute approximate surface area is 142 Å². The van der Waals surface area contributed by atoms with Crippen LogP contribution < -0.4 is 4.90 Å². The maximum absolute atomic E-state index is 2.73. The van der Waals surface area contributed by atoms with E-state index < -0.39 is 0 Å². The van der Waals surface area contributed by atoms with Crippen molar-refractivity contribution in [2.24, 2.45) is 5.92 Å². The van der Waals surface area contributed by atoms with Gasteiger partial charge in [-0.25, -0.2) is 0 Å². The summed E-state index contributed by atoms with van der Waals surface area (Å²) in [6.45, 7) is 11.8. The second-order valence-corrected chi connectivity index (χ2v) is 7.84. The minimum atomic E-state index is 0.673. The molecule has 23 heavy (non-hydrogen) atoms. The number of anilines is 1.